The second kappa shape index (κ2) is 12.3. The predicted molar refractivity (Wildman–Crippen MR) is 130 cm³/mol. The molecule has 0 atom stereocenters. The molecule has 0 aromatic heterocycles. The molecule has 0 spiro atoms. The minimum Gasteiger partial charge on any atom is -0.493 e. The number of hydrogen-bond acceptors (Lipinski definition) is 5. The molecule has 3 aromatic rings. The summed E-state index contributed by atoms with van der Waals surface area (Å²) in [4.78, 5) is 12.2. The molecule has 33 heavy (non-hydrogen) atoms. The summed E-state index contributed by atoms with van der Waals surface area (Å²) in [7, 11) is 1.60. The minimum absolute atomic E-state index is 0.447. The van der Waals surface area contributed by atoms with Crippen LogP contribution < -0.4 is 18.9 Å². The Morgan fingerprint density at radius 1 is 0.879 bits per heavy atom. The quantitative estimate of drug-likeness (QED) is 0.196. The number of rotatable bonds is 11. The lowest BCUT2D eigenvalue weighted by atomic mass is 10.1. The smallest absolute Gasteiger partial charge is 0.336 e. The Kier molecular flexibility index (Phi) is 8.95. The molecule has 172 valence electrons. The summed E-state index contributed by atoms with van der Waals surface area (Å²) in [6.45, 7) is 5.42. The molecule has 0 radical (unpaired) electrons. The van der Waals surface area contributed by atoms with Gasteiger partial charge in [-0.2, -0.15) is 0 Å². The van der Waals surface area contributed by atoms with Gasteiger partial charge in [0.1, 0.15) is 18.1 Å². The van der Waals surface area contributed by atoms with Crippen LogP contribution >= 0.6 is 0 Å². The van der Waals surface area contributed by atoms with E-state index < -0.39 is 5.97 Å². The van der Waals surface area contributed by atoms with Gasteiger partial charge in [0.15, 0.2) is 11.5 Å². The van der Waals surface area contributed by atoms with Crippen LogP contribution in [0.15, 0.2) is 78.9 Å². The molecule has 0 bridgehead atoms. The van der Waals surface area contributed by atoms with E-state index in [2.05, 4.69) is 13.8 Å². The molecular formula is C28H30O5. The van der Waals surface area contributed by atoms with Crippen molar-refractivity contribution in [3.8, 4) is 23.0 Å². The Morgan fingerprint density at radius 2 is 1.61 bits per heavy atom. The van der Waals surface area contributed by atoms with Crippen molar-refractivity contribution < 1.29 is 23.7 Å². The molecule has 0 saturated heterocycles. The monoisotopic (exact) mass is 446 g/mol. The molecule has 0 amide bonds. The molecule has 3 rings (SSSR count). The summed E-state index contributed by atoms with van der Waals surface area (Å²) >= 11 is 0. The first-order valence-electron chi connectivity index (χ1n) is 11.0. The van der Waals surface area contributed by atoms with Gasteiger partial charge in [-0.25, -0.2) is 4.79 Å². The van der Waals surface area contributed by atoms with Crippen LogP contribution in [0, 0.1) is 5.92 Å². The molecule has 0 aliphatic rings. The Bertz CT molecular complexity index is 1040. The van der Waals surface area contributed by atoms with Gasteiger partial charge in [-0.15, -0.1) is 0 Å². The molecule has 0 fully saturated rings. The first-order chi connectivity index (χ1) is 16.0. The second-order valence-electron chi connectivity index (χ2n) is 7.94. The number of benzene rings is 3. The molecule has 0 saturated carbocycles. The molecule has 0 aliphatic heterocycles. The van der Waals surface area contributed by atoms with E-state index in [1.165, 1.54) is 6.08 Å². The van der Waals surface area contributed by atoms with Crippen molar-refractivity contribution in [1.29, 1.82) is 0 Å². The summed E-state index contributed by atoms with van der Waals surface area (Å²) in [6.07, 6.45) is 4.03. The van der Waals surface area contributed by atoms with Gasteiger partial charge in [-0.1, -0.05) is 50.2 Å². The van der Waals surface area contributed by atoms with Gasteiger partial charge in [0.25, 0.3) is 0 Å². The maximum atomic E-state index is 12.2. The average Bonchev–Trinajstić information content (AvgIpc) is 2.83. The van der Waals surface area contributed by atoms with E-state index in [0.717, 1.165) is 17.5 Å². The van der Waals surface area contributed by atoms with Crippen LogP contribution in [-0.4, -0.2) is 19.7 Å². The van der Waals surface area contributed by atoms with Crippen LogP contribution in [-0.2, 0) is 11.4 Å². The standard InChI is InChI=1S/C28H30O5/c1-21(2)17-18-31-26-15-9-22(19-27(26)30-3)10-16-28(29)33-25-13-11-24(12-14-25)32-20-23-7-5-4-6-8-23/h4-16,19,21H,17-18,20H2,1-3H3/b16-10+. The molecule has 3 aromatic carbocycles. The van der Waals surface area contributed by atoms with Crippen molar-refractivity contribution in [3.63, 3.8) is 0 Å². The number of hydrogen-bond donors (Lipinski definition) is 0. The zero-order valence-corrected chi connectivity index (χ0v) is 19.3. The van der Waals surface area contributed by atoms with E-state index in [9.17, 15) is 4.79 Å². The topological polar surface area (TPSA) is 54.0 Å². The molecule has 5 nitrogen and oxygen atoms in total. The second-order valence-corrected chi connectivity index (χ2v) is 7.94. The van der Waals surface area contributed by atoms with Gasteiger partial charge in [-0.05, 0) is 65.9 Å². The van der Waals surface area contributed by atoms with Crippen molar-refractivity contribution in [2.45, 2.75) is 26.9 Å². The van der Waals surface area contributed by atoms with Crippen molar-refractivity contribution >= 4 is 12.0 Å². The average molecular weight is 447 g/mol. The highest BCUT2D eigenvalue weighted by Gasteiger charge is 2.07. The summed E-state index contributed by atoms with van der Waals surface area (Å²) in [5.74, 6) is 2.57. The molecule has 0 heterocycles. The third kappa shape index (κ3) is 8.04. The molecule has 0 N–H and O–H groups in total. The van der Waals surface area contributed by atoms with E-state index in [0.29, 0.717) is 42.1 Å². The van der Waals surface area contributed by atoms with E-state index in [-0.39, 0.29) is 0 Å². The van der Waals surface area contributed by atoms with Gasteiger partial charge in [0.2, 0.25) is 0 Å². The Morgan fingerprint density at radius 3 is 2.30 bits per heavy atom. The highest BCUT2D eigenvalue weighted by atomic mass is 16.5. The lowest BCUT2D eigenvalue weighted by molar-refractivity contribution is -0.128. The van der Waals surface area contributed by atoms with Gasteiger partial charge >= 0.3 is 5.97 Å². The zero-order valence-electron chi connectivity index (χ0n) is 19.3. The molecule has 5 heteroatoms. The number of carbonyl (C=O) groups is 1. The molecule has 0 unspecified atom stereocenters. The van der Waals surface area contributed by atoms with Crippen LogP contribution in [0.1, 0.15) is 31.4 Å². The van der Waals surface area contributed by atoms with Crippen molar-refractivity contribution in [2.24, 2.45) is 5.92 Å². The van der Waals surface area contributed by atoms with Crippen LogP contribution in [0.4, 0.5) is 0 Å². The largest absolute Gasteiger partial charge is 0.493 e. The van der Waals surface area contributed by atoms with Gasteiger partial charge in [0, 0.05) is 6.08 Å². The maximum absolute atomic E-state index is 12.2. The number of esters is 1. The van der Waals surface area contributed by atoms with E-state index in [1.807, 2.05) is 48.5 Å². The lowest BCUT2D eigenvalue weighted by Gasteiger charge is -2.12. The third-order valence-corrected chi connectivity index (χ3v) is 4.84. The van der Waals surface area contributed by atoms with Crippen molar-refractivity contribution in [3.05, 3.63) is 90.0 Å². The molecular weight excluding hydrogens is 416 g/mol. The molecule has 0 aliphatic carbocycles. The maximum Gasteiger partial charge on any atom is 0.336 e. The predicted octanol–water partition coefficient (Wildman–Crippen LogP) is 6.32. The Balaban J connectivity index is 1.51. The third-order valence-electron chi connectivity index (χ3n) is 4.84. The van der Waals surface area contributed by atoms with Crippen molar-refractivity contribution in [1.82, 2.24) is 0 Å². The first kappa shape index (κ1) is 23.9. The van der Waals surface area contributed by atoms with Crippen LogP contribution in [0.25, 0.3) is 6.08 Å². The fourth-order valence-electron chi connectivity index (χ4n) is 2.97. The highest BCUT2D eigenvalue weighted by Crippen LogP contribution is 2.29. The number of carbonyl (C=O) groups excluding carboxylic acids is 1. The summed E-state index contributed by atoms with van der Waals surface area (Å²) in [5, 5.41) is 0. The van der Waals surface area contributed by atoms with Gasteiger partial charge in [0.05, 0.1) is 13.7 Å². The van der Waals surface area contributed by atoms with Crippen LogP contribution in [0.5, 0.6) is 23.0 Å². The van der Waals surface area contributed by atoms with E-state index in [1.54, 1.807) is 37.5 Å². The zero-order chi connectivity index (χ0) is 23.5. The van der Waals surface area contributed by atoms with Crippen LogP contribution in [0.3, 0.4) is 0 Å². The van der Waals surface area contributed by atoms with E-state index in [4.69, 9.17) is 18.9 Å². The normalized spacial score (nSPS) is 10.9. The SMILES string of the molecule is COc1cc(/C=C/C(=O)Oc2ccc(OCc3ccccc3)cc2)ccc1OCCC(C)C. The first-order valence-corrected chi connectivity index (χ1v) is 11.0. The Hall–Kier alpha value is -3.73. The van der Waals surface area contributed by atoms with Gasteiger partial charge < -0.3 is 18.9 Å². The van der Waals surface area contributed by atoms with Crippen molar-refractivity contribution in [2.75, 3.05) is 13.7 Å². The summed E-state index contributed by atoms with van der Waals surface area (Å²) in [6, 6.07) is 22.4. The fourth-order valence-corrected chi connectivity index (χ4v) is 2.97. The van der Waals surface area contributed by atoms with Gasteiger partial charge in [-0.3, -0.25) is 0 Å². The highest BCUT2D eigenvalue weighted by molar-refractivity contribution is 5.88. The lowest BCUT2D eigenvalue weighted by Crippen LogP contribution is -2.04. The number of methoxy groups -OCH3 is 1. The fraction of sp³-hybridized carbons (Fsp3) is 0.250. The van der Waals surface area contributed by atoms with Crippen LogP contribution in [0.2, 0.25) is 0 Å². The summed E-state index contributed by atoms with van der Waals surface area (Å²) < 4.78 is 22.3. The summed E-state index contributed by atoms with van der Waals surface area (Å²) in [5.41, 5.74) is 1.90. The number of ether oxygens (including phenoxy) is 4. The van der Waals surface area contributed by atoms with E-state index >= 15 is 0 Å². The Labute approximate surface area is 195 Å². The minimum atomic E-state index is -0.468.